The van der Waals surface area contributed by atoms with Crippen LogP contribution in [0.15, 0.2) is 36.4 Å². The van der Waals surface area contributed by atoms with Crippen molar-refractivity contribution in [2.24, 2.45) is 0 Å². The number of hydrogen-bond donors (Lipinski definition) is 1. The maximum absolute atomic E-state index is 12.5. The summed E-state index contributed by atoms with van der Waals surface area (Å²) >= 11 is 0. The van der Waals surface area contributed by atoms with E-state index in [4.69, 9.17) is 0 Å². The van der Waals surface area contributed by atoms with Crippen molar-refractivity contribution in [2.45, 2.75) is 18.5 Å². The Morgan fingerprint density at radius 2 is 1.58 bits per heavy atom. The van der Waals surface area contributed by atoms with E-state index in [1.54, 1.807) is 0 Å². The second-order valence-electron chi connectivity index (χ2n) is 4.87. The van der Waals surface area contributed by atoms with Crippen LogP contribution in [-0.4, -0.2) is 32.8 Å². The van der Waals surface area contributed by atoms with Gasteiger partial charge in [-0.1, -0.05) is 12.1 Å². The zero-order valence-corrected chi connectivity index (χ0v) is 13.2. The van der Waals surface area contributed by atoms with Gasteiger partial charge < -0.3 is 8.92 Å². The van der Waals surface area contributed by atoms with Gasteiger partial charge in [-0.05, 0) is 35.0 Å². The topological polar surface area (TPSA) is 69.7 Å². The highest BCUT2D eigenvalue weighted by Crippen LogP contribution is 2.36. The van der Waals surface area contributed by atoms with Crippen LogP contribution in [0, 0.1) is 0 Å². The molecule has 0 aliphatic carbocycles. The Labute approximate surface area is 143 Å². The summed E-state index contributed by atoms with van der Waals surface area (Å²) in [6.07, 6.45) is -15.9. The maximum atomic E-state index is 12.5. The summed E-state index contributed by atoms with van der Waals surface area (Å²) in [6.45, 7) is 0. The molecule has 0 bridgehead atoms. The number of benzene rings is 2. The molecule has 0 heterocycles. The van der Waals surface area contributed by atoms with Crippen molar-refractivity contribution >= 4 is 27.7 Å². The number of carbonyl (C=O) groups excluding carboxylic acids is 1. The minimum absolute atomic E-state index is 0.0472. The van der Waals surface area contributed by atoms with Crippen LogP contribution in [0.1, 0.15) is 10.4 Å². The summed E-state index contributed by atoms with van der Waals surface area (Å²) in [7, 11) is -3.23. The molecule has 26 heavy (non-hydrogen) atoms. The Hall–Kier alpha value is -2.50. The van der Waals surface area contributed by atoms with E-state index in [9.17, 15) is 39.6 Å². The smallest absolute Gasteiger partial charge is 0.434 e. The highest BCUT2D eigenvalue weighted by Gasteiger charge is 2.60. The van der Waals surface area contributed by atoms with E-state index in [0.29, 0.717) is 0 Å². The number of ether oxygens (including phenoxy) is 1. The maximum Gasteiger partial charge on any atom is 0.434 e. The van der Waals surface area contributed by atoms with Crippen LogP contribution in [0.5, 0.6) is 5.75 Å². The second-order valence-corrected chi connectivity index (χ2v) is 5.50. The molecule has 0 N–H and O–H groups in total. The molecule has 0 atom stereocenters. The largest absolute Gasteiger partial charge is 0.439 e. The zero-order valence-electron chi connectivity index (χ0n) is 12.3. The number of esters is 1. The van der Waals surface area contributed by atoms with Crippen LogP contribution in [0.3, 0.4) is 0 Å². The second kappa shape index (κ2) is 7.02. The first-order valence-electron chi connectivity index (χ1n) is 6.59. The number of hydrogen-bond acceptors (Lipinski definition) is 5. The van der Waals surface area contributed by atoms with E-state index in [0.717, 1.165) is 24.3 Å². The Morgan fingerprint density at radius 3 is 2.12 bits per heavy atom. The van der Waals surface area contributed by atoms with Gasteiger partial charge in [-0.2, -0.15) is 34.8 Å². The standard InChI is InChI=1S/C14H8F6O5S/c15-13(16,17)12(14(18,19)20)24-11(21)10-3-1-2-7-6-8(25-26(22)23)4-5-9(7)10/h1-6,12,26H. The summed E-state index contributed by atoms with van der Waals surface area (Å²) in [5.74, 6) is -1.98. The van der Waals surface area contributed by atoms with Gasteiger partial charge in [0, 0.05) is 0 Å². The van der Waals surface area contributed by atoms with Gasteiger partial charge in [0.2, 0.25) is 0 Å². The number of alkyl halides is 6. The summed E-state index contributed by atoms with van der Waals surface area (Å²) in [4.78, 5) is 11.9. The van der Waals surface area contributed by atoms with E-state index in [-0.39, 0.29) is 16.5 Å². The third-order valence-corrected chi connectivity index (χ3v) is 3.43. The van der Waals surface area contributed by atoms with Gasteiger partial charge in [-0.15, -0.1) is 0 Å². The van der Waals surface area contributed by atoms with Crippen LogP contribution >= 0.6 is 0 Å². The first-order chi connectivity index (χ1) is 11.9. The minimum Gasteiger partial charge on any atom is -0.439 e. The summed E-state index contributed by atoms with van der Waals surface area (Å²) in [6, 6.07) is 6.83. The molecule has 0 saturated carbocycles. The molecular formula is C14H8F6O5S. The summed E-state index contributed by atoms with van der Waals surface area (Å²) in [5.41, 5.74) is -0.556. The predicted octanol–water partition coefficient (Wildman–Crippen LogP) is 3.40. The molecule has 0 spiro atoms. The molecule has 2 aromatic carbocycles. The van der Waals surface area contributed by atoms with Crippen molar-refractivity contribution < 1.29 is 48.5 Å². The Bertz CT molecular complexity index is 881. The van der Waals surface area contributed by atoms with Crippen LogP contribution in [0.25, 0.3) is 10.8 Å². The average molecular weight is 402 g/mol. The molecule has 12 heteroatoms. The number of fused-ring (bicyclic) bond motifs is 1. The molecule has 2 aromatic rings. The van der Waals surface area contributed by atoms with E-state index in [2.05, 4.69) is 8.92 Å². The van der Waals surface area contributed by atoms with Gasteiger partial charge in [0.15, 0.2) is 0 Å². The monoisotopic (exact) mass is 402 g/mol. The molecule has 0 fully saturated rings. The lowest BCUT2D eigenvalue weighted by atomic mass is 10.0. The fraction of sp³-hybridized carbons (Fsp3) is 0.214. The first kappa shape index (κ1) is 19.8. The van der Waals surface area contributed by atoms with Crippen LogP contribution in [-0.2, 0) is 15.7 Å². The van der Waals surface area contributed by atoms with E-state index in [1.165, 1.54) is 12.1 Å². The fourth-order valence-corrected chi connectivity index (χ4v) is 2.36. The SMILES string of the molecule is O=C(OC(C(F)(F)F)C(F)(F)F)c1cccc2cc(O[SH](=O)=O)ccc12. The molecule has 0 radical (unpaired) electrons. The fourth-order valence-electron chi connectivity index (χ4n) is 2.07. The molecular weight excluding hydrogens is 394 g/mol. The zero-order chi connectivity index (χ0) is 19.7. The van der Waals surface area contributed by atoms with Gasteiger partial charge in [-0.25, -0.2) is 4.79 Å². The average Bonchev–Trinajstić information content (AvgIpc) is 2.48. The van der Waals surface area contributed by atoms with E-state index < -0.39 is 41.0 Å². The molecule has 0 unspecified atom stereocenters. The van der Waals surface area contributed by atoms with Gasteiger partial charge in [0.1, 0.15) is 5.75 Å². The molecule has 0 saturated heterocycles. The van der Waals surface area contributed by atoms with Crippen molar-refractivity contribution in [3.8, 4) is 5.75 Å². The molecule has 2 rings (SSSR count). The van der Waals surface area contributed by atoms with Crippen LogP contribution in [0.2, 0.25) is 0 Å². The number of halogens is 6. The number of rotatable bonds is 4. The third kappa shape index (κ3) is 4.56. The highest BCUT2D eigenvalue weighted by atomic mass is 32.2. The number of carbonyl (C=O) groups is 1. The molecule has 0 amide bonds. The Kier molecular flexibility index (Phi) is 5.35. The number of thiol groups is 1. The molecule has 0 aliphatic heterocycles. The minimum atomic E-state index is -5.83. The van der Waals surface area contributed by atoms with Crippen LogP contribution < -0.4 is 4.18 Å². The molecule has 0 aliphatic rings. The van der Waals surface area contributed by atoms with Gasteiger partial charge in [0.05, 0.1) is 5.56 Å². The molecule has 142 valence electrons. The third-order valence-electron chi connectivity index (χ3n) is 3.07. The quantitative estimate of drug-likeness (QED) is 0.482. The Morgan fingerprint density at radius 1 is 0.962 bits per heavy atom. The van der Waals surface area contributed by atoms with Crippen molar-refractivity contribution in [2.75, 3.05) is 0 Å². The van der Waals surface area contributed by atoms with Crippen LogP contribution in [0.4, 0.5) is 26.3 Å². The van der Waals surface area contributed by atoms with Crippen molar-refractivity contribution in [1.82, 2.24) is 0 Å². The van der Waals surface area contributed by atoms with Crippen molar-refractivity contribution in [1.29, 1.82) is 0 Å². The van der Waals surface area contributed by atoms with Crippen molar-refractivity contribution in [3.05, 3.63) is 42.0 Å². The highest BCUT2D eigenvalue weighted by molar-refractivity contribution is 7.67. The van der Waals surface area contributed by atoms with E-state index >= 15 is 0 Å². The summed E-state index contributed by atoms with van der Waals surface area (Å²) in [5, 5.41) is 0.0958. The lowest BCUT2D eigenvalue weighted by molar-refractivity contribution is -0.307. The lowest BCUT2D eigenvalue weighted by Crippen LogP contribution is -2.45. The summed E-state index contributed by atoms with van der Waals surface area (Å²) < 4.78 is 104. The van der Waals surface area contributed by atoms with E-state index in [1.807, 2.05) is 0 Å². The van der Waals surface area contributed by atoms with Gasteiger partial charge in [0.25, 0.3) is 17.1 Å². The first-order valence-corrected chi connectivity index (χ1v) is 7.68. The molecule has 0 aromatic heterocycles. The predicted molar refractivity (Wildman–Crippen MR) is 76.2 cm³/mol. The van der Waals surface area contributed by atoms with Gasteiger partial charge >= 0.3 is 18.3 Å². The molecule has 5 nitrogen and oxygen atoms in total. The van der Waals surface area contributed by atoms with Gasteiger partial charge in [-0.3, -0.25) is 0 Å². The normalized spacial score (nSPS) is 12.6. The Balaban J connectivity index is 2.41. The lowest BCUT2D eigenvalue weighted by Gasteiger charge is -2.23. The van der Waals surface area contributed by atoms with Crippen molar-refractivity contribution in [3.63, 3.8) is 0 Å².